The Bertz CT molecular complexity index is 1370. The molecule has 0 saturated carbocycles. The molecule has 10 heteroatoms. The fourth-order valence-electron chi connectivity index (χ4n) is 3.62. The van der Waals surface area contributed by atoms with Crippen LogP contribution in [-0.2, 0) is 4.74 Å². The molecule has 30 heavy (non-hydrogen) atoms. The summed E-state index contributed by atoms with van der Waals surface area (Å²) in [5.41, 5.74) is 9.38. The summed E-state index contributed by atoms with van der Waals surface area (Å²) in [5, 5.41) is 3.58. The Labute approximate surface area is 179 Å². The highest BCUT2D eigenvalue weighted by molar-refractivity contribution is 7.23. The fourth-order valence-corrected chi connectivity index (χ4v) is 5.33. The van der Waals surface area contributed by atoms with Crippen molar-refractivity contribution in [1.29, 1.82) is 0 Å². The molecule has 150 valence electrons. The molecule has 8 nitrogen and oxygen atoms in total. The minimum Gasteiger partial charge on any atom is -0.378 e. The molecule has 0 aromatic carbocycles. The molecule has 0 radical (unpaired) electrons. The van der Waals surface area contributed by atoms with Crippen molar-refractivity contribution in [2.75, 3.05) is 36.9 Å². The number of morpholine rings is 1. The van der Waals surface area contributed by atoms with E-state index in [9.17, 15) is 0 Å². The van der Waals surface area contributed by atoms with Gasteiger partial charge in [-0.1, -0.05) is 0 Å². The molecule has 0 unspecified atom stereocenters. The number of H-pyrrole nitrogens is 1. The Morgan fingerprint density at radius 3 is 2.87 bits per heavy atom. The van der Waals surface area contributed by atoms with E-state index in [-0.39, 0.29) is 0 Å². The zero-order valence-corrected chi connectivity index (χ0v) is 17.5. The highest BCUT2D eigenvalue weighted by atomic mass is 32.1. The van der Waals surface area contributed by atoms with Crippen molar-refractivity contribution in [1.82, 2.24) is 24.9 Å². The maximum absolute atomic E-state index is 5.85. The van der Waals surface area contributed by atoms with Crippen LogP contribution in [-0.4, -0.2) is 51.2 Å². The molecule has 6 heterocycles. The Morgan fingerprint density at radius 2 is 2.03 bits per heavy atom. The lowest BCUT2D eigenvalue weighted by atomic mass is 10.2. The molecule has 0 amide bonds. The average molecular weight is 436 g/mol. The molecule has 3 N–H and O–H groups in total. The van der Waals surface area contributed by atoms with Crippen LogP contribution >= 0.6 is 22.7 Å². The average Bonchev–Trinajstić information content (AvgIpc) is 3.51. The van der Waals surface area contributed by atoms with E-state index in [1.807, 2.05) is 23.8 Å². The molecule has 0 spiro atoms. The molecular formula is C20H17N7OS2. The van der Waals surface area contributed by atoms with Crippen LogP contribution in [0.1, 0.15) is 0 Å². The van der Waals surface area contributed by atoms with Crippen molar-refractivity contribution in [3.63, 3.8) is 0 Å². The van der Waals surface area contributed by atoms with E-state index in [1.54, 1.807) is 11.3 Å². The predicted molar refractivity (Wildman–Crippen MR) is 121 cm³/mol. The van der Waals surface area contributed by atoms with Gasteiger partial charge in [0, 0.05) is 41.8 Å². The Kier molecular flexibility index (Phi) is 4.15. The van der Waals surface area contributed by atoms with Gasteiger partial charge in [-0.25, -0.2) is 19.9 Å². The summed E-state index contributed by atoms with van der Waals surface area (Å²) >= 11 is 3.09. The minimum atomic E-state index is 0.563. The number of ether oxygens (including phenoxy) is 1. The number of fused-ring (bicyclic) bond motifs is 2. The zero-order chi connectivity index (χ0) is 20.1. The molecule has 1 saturated heterocycles. The standard InChI is InChI=1S/C20H17N7OS2/c21-20-25-14(10-29-20)15-8-13-16(30-15)19(27-3-5-28-6-4-27)26-18(24-13)12-7-11-1-2-22-17(11)23-9-12/h1-2,7-10H,3-6H2,(H2,21,25)(H,22,23). The number of hydrogen-bond acceptors (Lipinski definition) is 9. The number of nitrogens with one attached hydrogen (secondary N) is 1. The largest absolute Gasteiger partial charge is 0.378 e. The van der Waals surface area contributed by atoms with Gasteiger partial charge < -0.3 is 20.4 Å². The van der Waals surface area contributed by atoms with Crippen LogP contribution in [0.25, 0.3) is 43.2 Å². The van der Waals surface area contributed by atoms with Crippen molar-refractivity contribution < 1.29 is 4.74 Å². The van der Waals surface area contributed by atoms with Crippen molar-refractivity contribution in [3.8, 4) is 22.0 Å². The first kappa shape index (κ1) is 17.8. The van der Waals surface area contributed by atoms with Crippen LogP contribution in [0.2, 0.25) is 0 Å². The third kappa shape index (κ3) is 3.00. The number of nitrogen functional groups attached to an aromatic ring is 1. The number of hydrogen-bond donors (Lipinski definition) is 2. The number of thiophene rings is 1. The van der Waals surface area contributed by atoms with Crippen molar-refractivity contribution in [2.45, 2.75) is 0 Å². The number of nitrogens with zero attached hydrogens (tertiary/aromatic N) is 5. The number of rotatable bonds is 3. The van der Waals surface area contributed by atoms with Crippen LogP contribution in [0.5, 0.6) is 0 Å². The van der Waals surface area contributed by atoms with Gasteiger partial charge in [-0.05, 0) is 18.2 Å². The number of pyridine rings is 1. The van der Waals surface area contributed by atoms with Gasteiger partial charge in [0.15, 0.2) is 16.8 Å². The van der Waals surface area contributed by atoms with E-state index in [4.69, 9.17) is 20.4 Å². The van der Waals surface area contributed by atoms with Crippen LogP contribution < -0.4 is 10.6 Å². The summed E-state index contributed by atoms with van der Waals surface area (Å²) in [6.07, 6.45) is 3.70. The van der Waals surface area contributed by atoms with Gasteiger partial charge >= 0.3 is 0 Å². The third-order valence-electron chi connectivity index (χ3n) is 5.10. The van der Waals surface area contributed by atoms with Crippen LogP contribution in [0, 0.1) is 0 Å². The molecule has 6 rings (SSSR count). The van der Waals surface area contributed by atoms with Gasteiger partial charge in [0.05, 0.1) is 34.0 Å². The van der Waals surface area contributed by atoms with Gasteiger partial charge in [0.25, 0.3) is 0 Å². The number of thiazole rings is 1. The van der Waals surface area contributed by atoms with Gasteiger partial charge in [-0.15, -0.1) is 22.7 Å². The first-order valence-electron chi connectivity index (χ1n) is 9.54. The van der Waals surface area contributed by atoms with Crippen molar-refractivity contribution in [3.05, 3.63) is 36.0 Å². The van der Waals surface area contributed by atoms with E-state index in [2.05, 4.69) is 32.0 Å². The number of aromatic amines is 1. The highest BCUT2D eigenvalue weighted by Gasteiger charge is 2.21. The second-order valence-corrected chi connectivity index (χ2v) is 8.95. The summed E-state index contributed by atoms with van der Waals surface area (Å²) in [5.74, 6) is 1.61. The molecular weight excluding hydrogens is 418 g/mol. The third-order valence-corrected chi connectivity index (χ3v) is 6.91. The summed E-state index contributed by atoms with van der Waals surface area (Å²) in [4.78, 5) is 25.2. The van der Waals surface area contributed by atoms with E-state index >= 15 is 0 Å². The zero-order valence-electron chi connectivity index (χ0n) is 15.8. The summed E-state index contributed by atoms with van der Waals surface area (Å²) < 4.78 is 6.60. The molecule has 5 aromatic rings. The molecule has 0 bridgehead atoms. The number of nitrogens with two attached hydrogens (primary N) is 1. The first-order chi connectivity index (χ1) is 14.7. The van der Waals surface area contributed by atoms with Gasteiger partial charge in [0.2, 0.25) is 0 Å². The maximum Gasteiger partial charge on any atom is 0.180 e. The Balaban J connectivity index is 1.54. The minimum absolute atomic E-state index is 0.563. The smallest absolute Gasteiger partial charge is 0.180 e. The fraction of sp³-hybridized carbons (Fsp3) is 0.200. The quantitative estimate of drug-likeness (QED) is 0.444. The number of anilines is 2. The topological polar surface area (TPSA) is 106 Å². The van der Waals surface area contributed by atoms with Crippen LogP contribution in [0.4, 0.5) is 10.9 Å². The predicted octanol–water partition coefficient (Wildman–Crippen LogP) is 3.78. The van der Waals surface area contributed by atoms with Crippen LogP contribution in [0.15, 0.2) is 36.0 Å². The second-order valence-electron chi connectivity index (χ2n) is 7.01. The normalized spacial score (nSPS) is 14.7. The summed E-state index contributed by atoms with van der Waals surface area (Å²) in [6, 6.07) is 6.14. The molecule has 0 aliphatic carbocycles. The Morgan fingerprint density at radius 1 is 1.13 bits per heavy atom. The lowest BCUT2D eigenvalue weighted by Gasteiger charge is -2.28. The Hall–Kier alpha value is -3.08. The first-order valence-corrected chi connectivity index (χ1v) is 11.2. The van der Waals surface area contributed by atoms with Crippen molar-refractivity contribution in [2.24, 2.45) is 0 Å². The molecule has 1 fully saturated rings. The van der Waals surface area contributed by atoms with Crippen molar-refractivity contribution >= 4 is 54.9 Å². The van der Waals surface area contributed by atoms with E-state index in [1.165, 1.54) is 11.3 Å². The number of aromatic nitrogens is 5. The van der Waals surface area contributed by atoms with Gasteiger partial charge in [-0.3, -0.25) is 0 Å². The highest BCUT2D eigenvalue weighted by Crippen LogP contribution is 2.39. The molecule has 5 aromatic heterocycles. The van der Waals surface area contributed by atoms with Crippen LogP contribution in [0.3, 0.4) is 0 Å². The van der Waals surface area contributed by atoms with Gasteiger partial charge in [-0.2, -0.15) is 0 Å². The SMILES string of the molecule is Nc1nc(-c2cc3nc(-c4cnc5[nH]ccc5c4)nc(N4CCOCC4)c3s2)cs1. The summed E-state index contributed by atoms with van der Waals surface area (Å²) in [6.45, 7) is 2.99. The molecule has 1 aliphatic rings. The molecule has 0 atom stereocenters. The maximum atomic E-state index is 5.85. The van der Waals surface area contributed by atoms with Gasteiger partial charge in [0.1, 0.15) is 5.65 Å². The molecule has 1 aliphatic heterocycles. The van der Waals surface area contributed by atoms with E-state index in [0.717, 1.165) is 56.3 Å². The second kappa shape index (κ2) is 7.01. The monoisotopic (exact) mass is 435 g/mol. The van der Waals surface area contributed by atoms with E-state index in [0.29, 0.717) is 24.2 Å². The summed E-state index contributed by atoms with van der Waals surface area (Å²) in [7, 11) is 0. The van der Waals surface area contributed by atoms with E-state index < -0.39 is 0 Å². The lowest BCUT2D eigenvalue weighted by Crippen LogP contribution is -2.36. The lowest BCUT2D eigenvalue weighted by molar-refractivity contribution is 0.122.